The summed E-state index contributed by atoms with van der Waals surface area (Å²) in [6, 6.07) is 14.9. The lowest BCUT2D eigenvalue weighted by atomic mass is 10.0. The highest BCUT2D eigenvalue weighted by molar-refractivity contribution is 6.36. The summed E-state index contributed by atoms with van der Waals surface area (Å²) in [5.74, 6) is -0.815. The fourth-order valence-corrected chi connectivity index (χ4v) is 3.86. The molecule has 2 aliphatic rings. The van der Waals surface area contributed by atoms with Gasteiger partial charge in [-0.25, -0.2) is 0 Å². The predicted molar refractivity (Wildman–Crippen MR) is 112 cm³/mol. The summed E-state index contributed by atoms with van der Waals surface area (Å²) in [4.78, 5) is 40.8. The van der Waals surface area contributed by atoms with E-state index in [0.717, 1.165) is 17.7 Å². The van der Waals surface area contributed by atoms with Gasteiger partial charge in [-0.3, -0.25) is 19.3 Å². The summed E-state index contributed by atoms with van der Waals surface area (Å²) in [6.45, 7) is 5.91. The highest BCUT2D eigenvalue weighted by Gasteiger charge is 2.42. The van der Waals surface area contributed by atoms with Crippen molar-refractivity contribution in [3.05, 3.63) is 78.0 Å². The molecule has 2 aromatic rings. The first-order chi connectivity index (χ1) is 14.0. The molecule has 2 heterocycles. The zero-order chi connectivity index (χ0) is 20.5. The topological polar surface area (TPSA) is 69.7 Å². The van der Waals surface area contributed by atoms with Gasteiger partial charge in [-0.2, -0.15) is 0 Å². The van der Waals surface area contributed by atoms with Crippen LogP contribution in [0.1, 0.15) is 18.1 Å². The monoisotopic (exact) mass is 387 g/mol. The Balaban J connectivity index is 1.82. The number of anilines is 2. The van der Waals surface area contributed by atoms with Crippen LogP contribution >= 0.6 is 0 Å². The van der Waals surface area contributed by atoms with E-state index in [1.807, 2.05) is 29.2 Å². The maximum absolute atomic E-state index is 13.2. The van der Waals surface area contributed by atoms with Gasteiger partial charge in [0.05, 0.1) is 5.57 Å². The zero-order valence-corrected chi connectivity index (χ0v) is 16.1. The SMILES string of the molecule is C=CCN1C(=O)C(c2ccc(NC(C)=O)cc2)=C(N2CCc3ccccc32)C1=O. The Bertz CT molecular complexity index is 1050. The number of amides is 3. The van der Waals surface area contributed by atoms with Crippen LogP contribution in [0.2, 0.25) is 0 Å². The van der Waals surface area contributed by atoms with E-state index in [4.69, 9.17) is 0 Å². The van der Waals surface area contributed by atoms with Gasteiger partial charge in [0.2, 0.25) is 5.91 Å². The minimum Gasteiger partial charge on any atom is -0.336 e. The third kappa shape index (κ3) is 3.23. The Hall–Kier alpha value is -3.67. The Morgan fingerprint density at radius 3 is 2.52 bits per heavy atom. The first-order valence-corrected chi connectivity index (χ1v) is 9.46. The van der Waals surface area contributed by atoms with Crippen LogP contribution in [0.5, 0.6) is 0 Å². The Labute approximate surface area is 169 Å². The lowest BCUT2D eigenvalue weighted by Crippen LogP contribution is -2.34. The molecule has 0 fully saturated rings. The Morgan fingerprint density at radius 2 is 1.83 bits per heavy atom. The van der Waals surface area contributed by atoms with Crippen LogP contribution in [0.25, 0.3) is 5.57 Å². The van der Waals surface area contributed by atoms with Crippen LogP contribution in [0, 0.1) is 0 Å². The van der Waals surface area contributed by atoms with Crippen LogP contribution in [0.4, 0.5) is 11.4 Å². The van der Waals surface area contributed by atoms with Crippen LogP contribution in [0.3, 0.4) is 0 Å². The molecule has 6 heteroatoms. The molecule has 2 aromatic carbocycles. The standard InChI is InChI=1S/C23H21N3O3/c1-3-13-26-22(28)20(17-8-10-18(11-9-17)24-15(2)27)21(23(26)29)25-14-12-16-6-4-5-7-19(16)25/h3-11H,1,12-14H2,2H3,(H,24,27). The molecule has 146 valence electrons. The van der Waals surface area contributed by atoms with Gasteiger partial charge < -0.3 is 10.2 Å². The Morgan fingerprint density at radius 1 is 1.10 bits per heavy atom. The molecule has 4 rings (SSSR count). The van der Waals surface area contributed by atoms with Crippen LogP contribution in [-0.2, 0) is 20.8 Å². The molecule has 1 N–H and O–H groups in total. The molecular weight excluding hydrogens is 366 g/mol. The van der Waals surface area contributed by atoms with Crippen molar-refractivity contribution in [2.45, 2.75) is 13.3 Å². The van der Waals surface area contributed by atoms with Gasteiger partial charge in [0.1, 0.15) is 5.70 Å². The van der Waals surface area contributed by atoms with Gasteiger partial charge in [0, 0.05) is 31.4 Å². The van der Waals surface area contributed by atoms with E-state index >= 15 is 0 Å². The number of para-hydroxylation sites is 1. The fraction of sp³-hybridized carbons (Fsp3) is 0.174. The molecule has 3 amide bonds. The van der Waals surface area contributed by atoms with Gasteiger partial charge >= 0.3 is 0 Å². The quantitative estimate of drug-likeness (QED) is 0.633. The summed E-state index contributed by atoms with van der Waals surface area (Å²) >= 11 is 0. The van der Waals surface area contributed by atoms with Crippen molar-refractivity contribution in [3.63, 3.8) is 0 Å². The molecule has 0 aromatic heterocycles. The first-order valence-electron chi connectivity index (χ1n) is 9.46. The molecule has 0 saturated carbocycles. The Kier molecular flexibility index (Phi) is 4.76. The number of imide groups is 1. The normalized spacial score (nSPS) is 15.8. The average molecular weight is 387 g/mol. The van der Waals surface area contributed by atoms with Crippen molar-refractivity contribution >= 4 is 34.7 Å². The van der Waals surface area contributed by atoms with Crippen molar-refractivity contribution in [1.29, 1.82) is 0 Å². The molecule has 2 aliphatic heterocycles. The highest BCUT2D eigenvalue weighted by atomic mass is 16.2. The zero-order valence-electron chi connectivity index (χ0n) is 16.1. The van der Waals surface area contributed by atoms with Gasteiger partial charge in [0.15, 0.2) is 0 Å². The fourth-order valence-electron chi connectivity index (χ4n) is 3.86. The lowest BCUT2D eigenvalue weighted by molar-refractivity contribution is -0.136. The highest BCUT2D eigenvalue weighted by Crippen LogP contribution is 2.38. The number of hydrogen-bond acceptors (Lipinski definition) is 4. The number of rotatable bonds is 5. The van der Waals surface area contributed by atoms with Crippen molar-refractivity contribution < 1.29 is 14.4 Å². The number of nitrogens with zero attached hydrogens (tertiary/aromatic N) is 2. The average Bonchev–Trinajstić information content (AvgIpc) is 3.22. The van der Waals surface area contributed by atoms with Crippen molar-refractivity contribution in [2.75, 3.05) is 23.3 Å². The van der Waals surface area contributed by atoms with Gasteiger partial charge in [-0.15, -0.1) is 6.58 Å². The maximum atomic E-state index is 13.2. The minimum atomic E-state index is -0.332. The molecule has 0 aliphatic carbocycles. The van der Waals surface area contributed by atoms with Gasteiger partial charge in [-0.1, -0.05) is 36.4 Å². The van der Waals surface area contributed by atoms with Crippen LogP contribution < -0.4 is 10.2 Å². The summed E-state index contributed by atoms with van der Waals surface area (Å²) in [6.07, 6.45) is 2.37. The maximum Gasteiger partial charge on any atom is 0.278 e. The van der Waals surface area contributed by atoms with Crippen molar-refractivity contribution in [3.8, 4) is 0 Å². The largest absolute Gasteiger partial charge is 0.336 e. The summed E-state index contributed by atoms with van der Waals surface area (Å²) < 4.78 is 0. The second-order valence-corrected chi connectivity index (χ2v) is 7.02. The van der Waals surface area contributed by atoms with E-state index in [0.29, 0.717) is 29.1 Å². The molecule has 0 atom stereocenters. The molecule has 0 unspecified atom stereocenters. The van der Waals surface area contributed by atoms with E-state index < -0.39 is 0 Å². The summed E-state index contributed by atoms with van der Waals surface area (Å²) in [5, 5.41) is 2.71. The third-order valence-electron chi connectivity index (χ3n) is 5.11. The summed E-state index contributed by atoms with van der Waals surface area (Å²) in [5.41, 5.74) is 4.16. The second-order valence-electron chi connectivity index (χ2n) is 7.02. The number of fused-ring (bicyclic) bond motifs is 1. The molecule has 0 saturated heterocycles. The number of carbonyl (C=O) groups excluding carboxylic acids is 3. The van der Waals surface area contributed by atoms with E-state index in [-0.39, 0.29) is 24.3 Å². The van der Waals surface area contributed by atoms with Gasteiger partial charge in [-0.05, 0) is 35.7 Å². The molecule has 29 heavy (non-hydrogen) atoms. The molecular formula is C23H21N3O3. The number of benzene rings is 2. The molecule has 0 radical (unpaired) electrons. The third-order valence-corrected chi connectivity index (χ3v) is 5.11. The van der Waals surface area contributed by atoms with E-state index in [9.17, 15) is 14.4 Å². The first kappa shape index (κ1) is 18.7. The van der Waals surface area contributed by atoms with Crippen LogP contribution in [-0.4, -0.2) is 35.7 Å². The minimum absolute atomic E-state index is 0.157. The number of nitrogens with one attached hydrogen (secondary N) is 1. The van der Waals surface area contributed by atoms with E-state index in [1.54, 1.807) is 30.3 Å². The summed E-state index contributed by atoms with van der Waals surface area (Å²) in [7, 11) is 0. The van der Waals surface area contributed by atoms with E-state index in [1.165, 1.54) is 11.8 Å². The van der Waals surface area contributed by atoms with E-state index in [2.05, 4.69) is 11.9 Å². The predicted octanol–water partition coefficient (Wildman–Crippen LogP) is 2.97. The second kappa shape index (κ2) is 7.39. The smallest absolute Gasteiger partial charge is 0.278 e. The van der Waals surface area contributed by atoms with Crippen molar-refractivity contribution in [2.24, 2.45) is 0 Å². The molecule has 0 bridgehead atoms. The number of carbonyl (C=O) groups is 3. The lowest BCUT2D eigenvalue weighted by Gasteiger charge is -2.21. The number of hydrogen-bond donors (Lipinski definition) is 1. The van der Waals surface area contributed by atoms with Crippen molar-refractivity contribution in [1.82, 2.24) is 4.90 Å². The molecule has 6 nitrogen and oxygen atoms in total. The van der Waals surface area contributed by atoms with Gasteiger partial charge in [0.25, 0.3) is 11.8 Å². The van der Waals surface area contributed by atoms with Crippen LogP contribution in [0.15, 0.2) is 66.9 Å². The molecule has 0 spiro atoms.